The molecular weight excluding hydrogens is 282 g/mol. The van der Waals surface area contributed by atoms with Crippen molar-refractivity contribution in [2.75, 3.05) is 19.0 Å². The van der Waals surface area contributed by atoms with Gasteiger partial charge in [0.2, 0.25) is 0 Å². The van der Waals surface area contributed by atoms with Gasteiger partial charge in [0.25, 0.3) is 5.91 Å². The average molecular weight is 299 g/mol. The van der Waals surface area contributed by atoms with Gasteiger partial charge in [-0.05, 0) is 35.9 Å². The molecule has 0 aromatic heterocycles. The Hall–Kier alpha value is -3.02. The molecule has 0 atom stereocenters. The van der Waals surface area contributed by atoms with Crippen LogP contribution >= 0.6 is 0 Å². The molecule has 6 heteroatoms. The average Bonchev–Trinajstić information content (AvgIpc) is 2.50. The van der Waals surface area contributed by atoms with E-state index < -0.39 is 0 Å². The van der Waals surface area contributed by atoms with Crippen LogP contribution < -0.4 is 10.3 Å². The molecule has 0 aliphatic heterocycles. The Labute approximate surface area is 128 Å². The number of hydrazone groups is 1. The summed E-state index contributed by atoms with van der Waals surface area (Å²) < 4.78 is 0. The third-order valence-electron chi connectivity index (χ3n) is 3.01. The van der Waals surface area contributed by atoms with E-state index in [2.05, 4.69) is 10.5 Å². The summed E-state index contributed by atoms with van der Waals surface area (Å²) in [4.78, 5) is 14.0. The van der Waals surface area contributed by atoms with Crippen molar-refractivity contribution < 1.29 is 15.0 Å². The first-order chi connectivity index (χ1) is 10.5. The summed E-state index contributed by atoms with van der Waals surface area (Å²) in [5, 5.41) is 22.5. The zero-order valence-corrected chi connectivity index (χ0v) is 12.3. The highest BCUT2D eigenvalue weighted by molar-refractivity contribution is 6.00. The molecule has 0 heterocycles. The second kappa shape index (κ2) is 6.62. The number of benzene rings is 2. The number of hydrogen-bond acceptors (Lipinski definition) is 5. The Morgan fingerprint density at radius 2 is 1.86 bits per heavy atom. The Morgan fingerprint density at radius 3 is 2.55 bits per heavy atom. The molecule has 2 aromatic carbocycles. The number of aromatic hydroxyl groups is 2. The maximum atomic E-state index is 12.1. The van der Waals surface area contributed by atoms with Crippen LogP contribution in [0.3, 0.4) is 0 Å². The third-order valence-corrected chi connectivity index (χ3v) is 3.01. The van der Waals surface area contributed by atoms with Crippen LogP contribution in [0.2, 0.25) is 0 Å². The van der Waals surface area contributed by atoms with Gasteiger partial charge in [0.1, 0.15) is 0 Å². The molecule has 0 bridgehead atoms. The van der Waals surface area contributed by atoms with Crippen LogP contribution in [0.4, 0.5) is 5.69 Å². The first-order valence-corrected chi connectivity index (χ1v) is 6.61. The van der Waals surface area contributed by atoms with Crippen molar-refractivity contribution in [1.82, 2.24) is 5.43 Å². The Kier molecular flexibility index (Phi) is 4.63. The van der Waals surface area contributed by atoms with Gasteiger partial charge in [0.15, 0.2) is 11.5 Å². The number of phenols is 2. The number of rotatable bonds is 4. The highest BCUT2D eigenvalue weighted by atomic mass is 16.3. The maximum Gasteiger partial charge on any atom is 0.273 e. The molecule has 0 fully saturated rings. The second-order valence-electron chi connectivity index (χ2n) is 4.86. The summed E-state index contributed by atoms with van der Waals surface area (Å²) in [6, 6.07) is 11.5. The van der Waals surface area contributed by atoms with Crippen LogP contribution in [0, 0.1) is 0 Å². The highest BCUT2D eigenvalue weighted by Crippen LogP contribution is 2.24. The molecule has 114 valence electrons. The molecule has 0 radical (unpaired) electrons. The molecule has 0 spiro atoms. The molecule has 0 aliphatic carbocycles. The van der Waals surface area contributed by atoms with Crippen molar-refractivity contribution in [2.24, 2.45) is 5.10 Å². The van der Waals surface area contributed by atoms with Crippen molar-refractivity contribution in [1.29, 1.82) is 0 Å². The summed E-state index contributed by atoms with van der Waals surface area (Å²) in [7, 11) is 3.71. The SMILES string of the molecule is CN(C)c1ccccc1C(=O)N/N=C/c1ccc(O)c(O)c1. The Morgan fingerprint density at radius 1 is 1.14 bits per heavy atom. The third kappa shape index (κ3) is 3.54. The quantitative estimate of drug-likeness (QED) is 0.457. The summed E-state index contributed by atoms with van der Waals surface area (Å²) in [5.74, 6) is -0.780. The lowest BCUT2D eigenvalue weighted by Gasteiger charge is -2.15. The van der Waals surface area contributed by atoms with Crippen molar-refractivity contribution in [2.45, 2.75) is 0 Å². The number of amides is 1. The molecule has 0 unspecified atom stereocenters. The zero-order chi connectivity index (χ0) is 16.1. The minimum Gasteiger partial charge on any atom is -0.504 e. The summed E-state index contributed by atoms with van der Waals surface area (Å²) in [6.07, 6.45) is 1.38. The van der Waals surface area contributed by atoms with Crippen LogP contribution in [0.5, 0.6) is 11.5 Å². The molecule has 1 amide bonds. The molecule has 0 aliphatic rings. The number of anilines is 1. The van der Waals surface area contributed by atoms with Gasteiger partial charge in [0.05, 0.1) is 11.8 Å². The van der Waals surface area contributed by atoms with Gasteiger partial charge in [-0.25, -0.2) is 5.43 Å². The van der Waals surface area contributed by atoms with Crippen molar-refractivity contribution in [3.63, 3.8) is 0 Å². The van der Waals surface area contributed by atoms with E-state index in [0.29, 0.717) is 11.1 Å². The van der Waals surface area contributed by atoms with E-state index in [0.717, 1.165) is 5.69 Å². The first kappa shape index (κ1) is 15.4. The van der Waals surface area contributed by atoms with Crippen molar-refractivity contribution >= 4 is 17.8 Å². The molecule has 3 N–H and O–H groups in total. The topological polar surface area (TPSA) is 85.2 Å². The maximum absolute atomic E-state index is 12.1. The molecule has 0 saturated heterocycles. The molecule has 22 heavy (non-hydrogen) atoms. The Bertz CT molecular complexity index is 712. The predicted octanol–water partition coefficient (Wildman–Crippen LogP) is 1.93. The summed E-state index contributed by atoms with van der Waals surface area (Å²) in [6.45, 7) is 0. The fourth-order valence-electron chi connectivity index (χ4n) is 1.90. The van der Waals surface area contributed by atoms with Crippen LogP contribution in [-0.4, -0.2) is 36.4 Å². The first-order valence-electron chi connectivity index (χ1n) is 6.61. The van der Waals surface area contributed by atoms with Gasteiger partial charge >= 0.3 is 0 Å². The molecule has 2 aromatic rings. The molecule has 0 saturated carbocycles. The highest BCUT2D eigenvalue weighted by Gasteiger charge is 2.11. The second-order valence-corrected chi connectivity index (χ2v) is 4.86. The zero-order valence-electron chi connectivity index (χ0n) is 12.3. The number of phenolic OH excluding ortho intramolecular Hbond substituents is 2. The number of para-hydroxylation sites is 1. The minimum atomic E-state index is -0.330. The lowest BCUT2D eigenvalue weighted by molar-refractivity contribution is 0.0955. The summed E-state index contributed by atoms with van der Waals surface area (Å²) >= 11 is 0. The normalized spacial score (nSPS) is 10.6. The van der Waals surface area contributed by atoms with Crippen molar-refractivity contribution in [3.8, 4) is 11.5 Å². The van der Waals surface area contributed by atoms with E-state index >= 15 is 0 Å². The van der Waals surface area contributed by atoms with Crippen LogP contribution in [0.1, 0.15) is 15.9 Å². The van der Waals surface area contributed by atoms with E-state index in [-0.39, 0.29) is 17.4 Å². The summed E-state index contributed by atoms with van der Waals surface area (Å²) in [5.41, 5.74) is 4.29. The van der Waals surface area contributed by atoms with E-state index in [1.54, 1.807) is 18.2 Å². The van der Waals surface area contributed by atoms with Gasteiger partial charge in [-0.2, -0.15) is 5.10 Å². The van der Waals surface area contributed by atoms with E-state index in [4.69, 9.17) is 0 Å². The van der Waals surface area contributed by atoms with E-state index in [1.807, 2.05) is 31.1 Å². The number of carbonyl (C=O) groups excluding carboxylic acids is 1. The Balaban J connectivity index is 2.10. The fourth-order valence-corrected chi connectivity index (χ4v) is 1.90. The van der Waals surface area contributed by atoms with Crippen LogP contribution in [0.15, 0.2) is 47.6 Å². The fraction of sp³-hybridized carbons (Fsp3) is 0.125. The molecular formula is C16H17N3O3. The largest absolute Gasteiger partial charge is 0.504 e. The van der Waals surface area contributed by atoms with Gasteiger partial charge in [0, 0.05) is 19.8 Å². The van der Waals surface area contributed by atoms with E-state index in [1.165, 1.54) is 18.3 Å². The van der Waals surface area contributed by atoms with Gasteiger partial charge in [-0.3, -0.25) is 4.79 Å². The van der Waals surface area contributed by atoms with Crippen LogP contribution in [0.25, 0.3) is 0 Å². The number of hydrogen-bond donors (Lipinski definition) is 3. The van der Waals surface area contributed by atoms with Crippen molar-refractivity contribution in [3.05, 3.63) is 53.6 Å². The molecule has 6 nitrogen and oxygen atoms in total. The minimum absolute atomic E-state index is 0.207. The molecule has 2 rings (SSSR count). The monoisotopic (exact) mass is 299 g/mol. The lowest BCUT2D eigenvalue weighted by atomic mass is 10.1. The van der Waals surface area contributed by atoms with Crippen LogP contribution in [-0.2, 0) is 0 Å². The number of nitrogens with zero attached hydrogens (tertiary/aromatic N) is 2. The van der Waals surface area contributed by atoms with Gasteiger partial charge in [-0.15, -0.1) is 0 Å². The number of carbonyl (C=O) groups is 1. The predicted molar refractivity (Wildman–Crippen MR) is 85.6 cm³/mol. The number of nitrogens with one attached hydrogen (secondary N) is 1. The smallest absolute Gasteiger partial charge is 0.273 e. The van der Waals surface area contributed by atoms with Gasteiger partial charge in [-0.1, -0.05) is 12.1 Å². The van der Waals surface area contributed by atoms with Gasteiger partial charge < -0.3 is 15.1 Å². The van der Waals surface area contributed by atoms with E-state index in [9.17, 15) is 15.0 Å². The lowest BCUT2D eigenvalue weighted by Crippen LogP contribution is -2.21. The standard InChI is InChI=1S/C16H17N3O3/c1-19(2)13-6-4-3-5-12(13)16(22)18-17-10-11-7-8-14(20)15(21)9-11/h3-10,20-21H,1-2H3,(H,18,22)/b17-10+.